The zero-order valence-electron chi connectivity index (χ0n) is 14.2. The van der Waals surface area contributed by atoms with Crippen LogP contribution < -0.4 is 16.0 Å². The lowest BCUT2D eigenvalue weighted by molar-refractivity contribution is -0.113. The Morgan fingerprint density at radius 2 is 1.92 bits per heavy atom. The van der Waals surface area contributed by atoms with E-state index in [0.717, 1.165) is 17.7 Å². The maximum atomic E-state index is 14.3. The molecule has 3 rings (SSSR count). The standard InChI is InChI=1S/C19H17F2N3OS/c1-10-4-3-5-13(8-10)23-18(25)16-11(2)22-19(26)24-17(16)14-7-6-12(20)9-15(14)21/h3-9,17H,1-2H3,(H,23,25)(H2,22,24,26)/t17-/m0/s1. The number of anilines is 1. The summed E-state index contributed by atoms with van der Waals surface area (Å²) >= 11 is 5.13. The summed E-state index contributed by atoms with van der Waals surface area (Å²) in [5.74, 6) is -1.83. The van der Waals surface area contributed by atoms with E-state index in [9.17, 15) is 13.6 Å². The number of aryl methyl sites for hydroxylation is 1. The molecule has 0 fully saturated rings. The second-order valence-electron chi connectivity index (χ2n) is 6.06. The van der Waals surface area contributed by atoms with Crippen LogP contribution in [0.2, 0.25) is 0 Å². The van der Waals surface area contributed by atoms with Gasteiger partial charge in [-0.25, -0.2) is 8.78 Å². The van der Waals surface area contributed by atoms with Gasteiger partial charge in [-0.15, -0.1) is 0 Å². The normalized spacial score (nSPS) is 16.8. The Balaban J connectivity index is 1.98. The molecule has 2 aromatic rings. The fourth-order valence-electron chi connectivity index (χ4n) is 2.88. The van der Waals surface area contributed by atoms with Crippen molar-refractivity contribution in [3.8, 4) is 0 Å². The zero-order valence-corrected chi connectivity index (χ0v) is 15.0. The minimum atomic E-state index is -0.825. The number of allylic oxidation sites excluding steroid dienone is 1. The number of halogens is 2. The lowest BCUT2D eigenvalue weighted by Crippen LogP contribution is -2.46. The molecule has 0 saturated carbocycles. The summed E-state index contributed by atoms with van der Waals surface area (Å²) in [7, 11) is 0. The van der Waals surface area contributed by atoms with Gasteiger partial charge in [0.15, 0.2) is 5.11 Å². The van der Waals surface area contributed by atoms with Gasteiger partial charge in [-0.3, -0.25) is 4.79 Å². The van der Waals surface area contributed by atoms with E-state index in [1.54, 1.807) is 13.0 Å². The third-order valence-electron chi connectivity index (χ3n) is 4.06. The quantitative estimate of drug-likeness (QED) is 0.718. The highest BCUT2D eigenvalue weighted by Gasteiger charge is 2.31. The van der Waals surface area contributed by atoms with Crippen LogP contribution in [-0.2, 0) is 4.79 Å². The van der Waals surface area contributed by atoms with Gasteiger partial charge in [-0.2, -0.15) is 0 Å². The average Bonchev–Trinajstić information content (AvgIpc) is 2.53. The van der Waals surface area contributed by atoms with Crippen molar-refractivity contribution >= 4 is 28.9 Å². The smallest absolute Gasteiger partial charge is 0.255 e. The molecular weight excluding hydrogens is 356 g/mol. The minimum absolute atomic E-state index is 0.143. The molecule has 3 N–H and O–H groups in total. The van der Waals surface area contributed by atoms with E-state index >= 15 is 0 Å². The molecule has 4 nitrogen and oxygen atoms in total. The van der Waals surface area contributed by atoms with Crippen molar-refractivity contribution in [3.63, 3.8) is 0 Å². The minimum Gasteiger partial charge on any atom is -0.351 e. The number of hydrogen-bond donors (Lipinski definition) is 3. The van der Waals surface area contributed by atoms with Crippen molar-refractivity contribution in [2.75, 3.05) is 5.32 Å². The van der Waals surface area contributed by atoms with Gasteiger partial charge in [0.1, 0.15) is 11.6 Å². The Morgan fingerprint density at radius 3 is 2.62 bits per heavy atom. The van der Waals surface area contributed by atoms with Crippen LogP contribution in [0, 0.1) is 18.6 Å². The highest BCUT2D eigenvalue weighted by molar-refractivity contribution is 7.80. The zero-order chi connectivity index (χ0) is 18.8. The lowest BCUT2D eigenvalue weighted by Gasteiger charge is -2.30. The first-order chi connectivity index (χ1) is 12.3. The van der Waals surface area contributed by atoms with Crippen molar-refractivity contribution in [2.45, 2.75) is 19.9 Å². The fraction of sp³-hybridized carbons (Fsp3) is 0.158. The third kappa shape index (κ3) is 3.72. The molecule has 0 aliphatic carbocycles. The maximum absolute atomic E-state index is 14.3. The van der Waals surface area contributed by atoms with Gasteiger partial charge in [0.25, 0.3) is 5.91 Å². The monoisotopic (exact) mass is 373 g/mol. The molecule has 1 aliphatic heterocycles. The Hall–Kier alpha value is -2.80. The SMILES string of the molecule is CC1=C(C(=O)Nc2cccc(C)c2)[C@H](c2ccc(F)cc2F)NC(=S)N1. The number of thiocarbonyl (C=S) groups is 1. The first-order valence-electron chi connectivity index (χ1n) is 7.96. The second kappa shape index (κ2) is 7.21. The van der Waals surface area contributed by atoms with Crippen molar-refractivity contribution in [3.05, 3.63) is 76.5 Å². The van der Waals surface area contributed by atoms with Gasteiger partial charge in [-0.1, -0.05) is 18.2 Å². The lowest BCUT2D eigenvalue weighted by atomic mass is 9.94. The van der Waals surface area contributed by atoms with Crippen molar-refractivity contribution < 1.29 is 13.6 Å². The maximum Gasteiger partial charge on any atom is 0.255 e. The molecule has 26 heavy (non-hydrogen) atoms. The predicted octanol–water partition coefficient (Wildman–Crippen LogP) is 3.70. The summed E-state index contributed by atoms with van der Waals surface area (Å²) < 4.78 is 27.6. The summed E-state index contributed by atoms with van der Waals surface area (Å²) in [6, 6.07) is 9.76. The number of nitrogens with one attached hydrogen (secondary N) is 3. The number of carbonyl (C=O) groups is 1. The molecule has 1 heterocycles. The van der Waals surface area contributed by atoms with E-state index in [-0.39, 0.29) is 16.2 Å². The van der Waals surface area contributed by atoms with Gasteiger partial charge in [0.05, 0.1) is 11.6 Å². The second-order valence-corrected chi connectivity index (χ2v) is 6.47. The number of carbonyl (C=O) groups excluding carboxylic acids is 1. The molecule has 0 saturated heterocycles. The van der Waals surface area contributed by atoms with Crippen LogP contribution in [0.15, 0.2) is 53.7 Å². The third-order valence-corrected chi connectivity index (χ3v) is 4.28. The van der Waals surface area contributed by atoms with Crippen LogP contribution in [0.4, 0.5) is 14.5 Å². The van der Waals surface area contributed by atoms with Gasteiger partial charge in [0, 0.05) is 23.0 Å². The number of hydrogen-bond acceptors (Lipinski definition) is 2. The molecule has 0 radical (unpaired) electrons. The van der Waals surface area contributed by atoms with Crippen molar-refractivity contribution in [2.24, 2.45) is 0 Å². The molecule has 1 aliphatic rings. The molecule has 0 aromatic heterocycles. The van der Waals surface area contributed by atoms with E-state index in [0.29, 0.717) is 11.4 Å². The topological polar surface area (TPSA) is 53.2 Å². The van der Waals surface area contributed by atoms with Crippen LogP contribution in [0.3, 0.4) is 0 Å². The summed E-state index contributed by atoms with van der Waals surface area (Å²) in [5, 5.41) is 8.85. The molecule has 0 bridgehead atoms. The highest BCUT2D eigenvalue weighted by atomic mass is 32.1. The molecule has 0 spiro atoms. The molecule has 0 unspecified atom stereocenters. The van der Waals surface area contributed by atoms with E-state index in [1.807, 2.05) is 25.1 Å². The first kappa shape index (κ1) is 18.0. The van der Waals surface area contributed by atoms with Gasteiger partial charge >= 0.3 is 0 Å². The Bertz CT molecular complexity index is 927. The largest absolute Gasteiger partial charge is 0.351 e. The molecular formula is C19H17F2N3OS. The van der Waals surface area contributed by atoms with Crippen molar-refractivity contribution in [1.82, 2.24) is 10.6 Å². The van der Waals surface area contributed by atoms with Gasteiger partial charge in [-0.05, 0) is 49.8 Å². The highest BCUT2D eigenvalue weighted by Crippen LogP contribution is 2.30. The van der Waals surface area contributed by atoms with Gasteiger partial charge in [0.2, 0.25) is 0 Å². The summed E-state index contributed by atoms with van der Waals surface area (Å²) in [5.41, 5.74) is 2.56. The Kier molecular flexibility index (Phi) is 4.99. The molecule has 2 aromatic carbocycles. The molecule has 134 valence electrons. The van der Waals surface area contributed by atoms with Crippen LogP contribution in [-0.4, -0.2) is 11.0 Å². The molecule has 1 atom stereocenters. The molecule has 7 heteroatoms. The average molecular weight is 373 g/mol. The fourth-order valence-corrected chi connectivity index (χ4v) is 3.16. The first-order valence-corrected chi connectivity index (χ1v) is 8.37. The summed E-state index contributed by atoms with van der Waals surface area (Å²) in [6.07, 6.45) is 0. The number of benzene rings is 2. The van der Waals surface area contributed by atoms with E-state index < -0.39 is 23.6 Å². The summed E-state index contributed by atoms with van der Waals surface area (Å²) in [6.45, 7) is 3.60. The Labute approximate surface area is 155 Å². The van der Waals surface area contributed by atoms with Crippen LogP contribution in [0.1, 0.15) is 24.1 Å². The van der Waals surface area contributed by atoms with E-state index in [4.69, 9.17) is 12.2 Å². The van der Waals surface area contributed by atoms with E-state index in [1.165, 1.54) is 6.07 Å². The summed E-state index contributed by atoms with van der Waals surface area (Å²) in [4.78, 5) is 12.9. The Morgan fingerprint density at radius 1 is 1.15 bits per heavy atom. The number of amides is 1. The van der Waals surface area contributed by atoms with Crippen LogP contribution in [0.25, 0.3) is 0 Å². The van der Waals surface area contributed by atoms with Crippen LogP contribution in [0.5, 0.6) is 0 Å². The number of rotatable bonds is 3. The van der Waals surface area contributed by atoms with Crippen molar-refractivity contribution in [1.29, 1.82) is 0 Å². The van der Waals surface area contributed by atoms with E-state index in [2.05, 4.69) is 16.0 Å². The predicted molar refractivity (Wildman–Crippen MR) is 100 cm³/mol. The van der Waals surface area contributed by atoms with Gasteiger partial charge < -0.3 is 16.0 Å². The molecule has 1 amide bonds. The van der Waals surface area contributed by atoms with Crippen LogP contribution >= 0.6 is 12.2 Å².